The van der Waals surface area contributed by atoms with Crippen molar-refractivity contribution in [2.45, 2.75) is 37.5 Å². The van der Waals surface area contributed by atoms with Gasteiger partial charge >= 0.3 is 12.0 Å². The maximum absolute atomic E-state index is 11.3. The summed E-state index contributed by atoms with van der Waals surface area (Å²) in [6.45, 7) is 3.02. The SMILES string of the molecule is CC(C)(SCC(=O)NC(=O)NC1CC1)C(=O)O. The van der Waals surface area contributed by atoms with Crippen LogP contribution in [0, 0.1) is 0 Å². The highest BCUT2D eigenvalue weighted by Crippen LogP contribution is 2.24. The number of rotatable bonds is 5. The Hall–Kier alpha value is -1.24. The number of urea groups is 1. The molecule has 96 valence electrons. The molecule has 0 saturated heterocycles. The summed E-state index contributed by atoms with van der Waals surface area (Å²) in [6.07, 6.45) is 1.89. The fourth-order valence-corrected chi connectivity index (χ4v) is 1.61. The maximum atomic E-state index is 11.3. The van der Waals surface area contributed by atoms with Crippen molar-refractivity contribution in [3.05, 3.63) is 0 Å². The van der Waals surface area contributed by atoms with Crippen LogP contribution in [0.1, 0.15) is 26.7 Å². The Morgan fingerprint density at radius 2 is 1.94 bits per heavy atom. The molecule has 0 bridgehead atoms. The lowest BCUT2D eigenvalue weighted by Gasteiger charge is -2.17. The number of carboxylic acid groups (broad SMARTS) is 1. The molecule has 1 saturated carbocycles. The van der Waals surface area contributed by atoms with Gasteiger partial charge in [-0.1, -0.05) is 0 Å². The number of carbonyl (C=O) groups is 3. The van der Waals surface area contributed by atoms with E-state index in [9.17, 15) is 14.4 Å². The largest absolute Gasteiger partial charge is 0.480 e. The van der Waals surface area contributed by atoms with E-state index < -0.39 is 22.7 Å². The molecule has 7 heteroatoms. The van der Waals surface area contributed by atoms with Crippen LogP contribution < -0.4 is 10.6 Å². The monoisotopic (exact) mass is 260 g/mol. The minimum absolute atomic E-state index is 0.0581. The summed E-state index contributed by atoms with van der Waals surface area (Å²) < 4.78 is -1.04. The number of hydrogen-bond acceptors (Lipinski definition) is 4. The minimum atomic E-state index is -1.04. The summed E-state index contributed by atoms with van der Waals surface area (Å²) in [6, 6.07) is -0.322. The molecule has 0 aliphatic heterocycles. The fourth-order valence-electron chi connectivity index (χ4n) is 0.920. The molecule has 0 heterocycles. The van der Waals surface area contributed by atoms with E-state index in [2.05, 4.69) is 10.6 Å². The lowest BCUT2D eigenvalue weighted by molar-refractivity contribution is -0.138. The van der Waals surface area contributed by atoms with Crippen LogP contribution in [0.25, 0.3) is 0 Å². The molecule has 6 nitrogen and oxygen atoms in total. The molecule has 3 N–H and O–H groups in total. The number of hydrogen-bond donors (Lipinski definition) is 3. The van der Waals surface area contributed by atoms with Gasteiger partial charge in [0.05, 0.1) is 5.75 Å². The van der Waals surface area contributed by atoms with Crippen molar-refractivity contribution >= 4 is 29.7 Å². The van der Waals surface area contributed by atoms with Gasteiger partial charge in [-0.3, -0.25) is 14.9 Å². The highest BCUT2D eigenvalue weighted by atomic mass is 32.2. The van der Waals surface area contributed by atoms with E-state index in [1.54, 1.807) is 0 Å². The van der Waals surface area contributed by atoms with Gasteiger partial charge < -0.3 is 10.4 Å². The van der Waals surface area contributed by atoms with Crippen LogP contribution in [-0.2, 0) is 9.59 Å². The average molecular weight is 260 g/mol. The van der Waals surface area contributed by atoms with Gasteiger partial charge in [-0.25, -0.2) is 4.79 Å². The number of aliphatic carboxylic acids is 1. The molecule has 0 aromatic carbocycles. The zero-order valence-electron chi connectivity index (χ0n) is 9.78. The van der Waals surface area contributed by atoms with Crippen LogP contribution >= 0.6 is 11.8 Å². The number of nitrogens with one attached hydrogen (secondary N) is 2. The van der Waals surface area contributed by atoms with Gasteiger partial charge in [0.1, 0.15) is 4.75 Å². The highest BCUT2D eigenvalue weighted by Gasteiger charge is 2.29. The van der Waals surface area contributed by atoms with E-state index in [0.29, 0.717) is 0 Å². The third-order valence-electron chi connectivity index (χ3n) is 2.24. The van der Waals surface area contributed by atoms with Crippen LogP contribution in [0.2, 0.25) is 0 Å². The first-order chi connectivity index (χ1) is 7.81. The maximum Gasteiger partial charge on any atom is 0.321 e. The van der Waals surface area contributed by atoms with Crippen molar-refractivity contribution < 1.29 is 19.5 Å². The lowest BCUT2D eigenvalue weighted by Crippen LogP contribution is -2.42. The number of amides is 3. The second kappa shape index (κ2) is 5.39. The Bertz CT molecular complexity index is 339. The summed E-state index contributed by atoms with van der Waals surface area (Å²) in [5.41, 5.74) is 0. The van der Waals surface area contributed by atoms with Gasteiger partial charge in [-0.05, 0) is 26.7 Å². The summed E-state index contributed by atoms with van der Waals surface area (Å²) >= 11 is 0.980. The van der Waals surface area contributed by atoms with Gasteiger partial charge in [0.2, 0.25) is 5.91 Å². The van der Waals surface area contributed by atoms with E-state index in [1.807, 2.05) is 0 Å². The molecule has 0 aromatic heterocycles. The second-order valence-electron chi connectivity index (χ2n) is 4.40. The van der Waals surface area contributed by atoms with E-state index in [4.69, 9.17) is 5.11 Å². The molecule has 0 spiro atoms. The summed E-state index contributed by atoms with van der Waals surface area (Å²) in [4.78, 5) is 33.3. The van der Waals surface area contributed by atoms with Crippen LogP contribution in [-0.4, -0.2) is 39.6 Å². The van der Waals surface area contributed by atoms with Gasteiger partial charge in [0.25, 0.3) is 0 Å². The predicted octanol–water partition coefficient (Wildman–Crippen LogP) is 0.571. The second-order valence-corrected chi connectivity index (χ2v) is 6.00. The van der Waals surface area contributed by atoms with E-state index in [0.717, 1.165) is 24.6 Å². The molecule has 0 radical (unpaired) electrons. The van der Waals surface area contributed by atoms with Crippen LogP contribution in [0.15, 0.2) is 0 Å². The Labute approximate surface area is 104 Å². The summed E-state index contributed by atoms with van der Waals surface area (Å²) in [7, 11) is 0. The van der Waals surface area contributed by atoms with E-state index in [1.165, 1.54) is 13.8 Å². The zero-order valence-corrected chi connectivity index (χ0v) is 10.6. The minimum Gasteiger partial charge on any atom is -0.480 e. The first-order valence-corrected chi connectivity index (χ1v) is 6.27. The van der Waals surface area contributed by atoms with Crippen molar-refractivity contribution in [1.82, 2.24) is 10.6 Å². The van der Waals surface area contributed by atoms with Crippen LogP contribution in [0.4, 0.5) is 4.79 Å². The molecular formula is C10H16N2O4S. The van der Waals surface area contributed by atoms with Crippen LogP contribution in [0.5, 0.6) is 0 Å². The first kappa shape index (κ1) is 13.8. The Balaban J connectivity index is 2.24. The highest BCUT2D eigenvalue weighted by molar-refractivity contribution is 8.01. The molecule has 17 heavy (non-hydrogen) atoms. The van der Waals surface area contributed by atoms with Crippen molar-refractivity contribution in [1.29, 1.82) is 0 Å². The van der Waals surface area contributed by atoms with Crippen molar-refractivity contribution in [2.24, 2.45) is 0 Å². The number of thioether (sulfide) groups is 1. The molecule has 3 amide bonds. The Morgan fingerprint density at radius 3 is 2.41 bits per heavy atom. The van der Waals surface area contributed by atoms with Gasteiger partial charge in [-0.2, -0.15) is 0 Å². The molecule has 0 unspecified atom stereocenters. The quantitative estimate of drug-likeness (QED) is 0.671. The Morgan fingerprint density at radius 1 is 1.35 bits per heavy atom. The first-order valence-electron chi connectivity index (χ1n) is 5.29. The van der Waals surface area contributed by atoms with E-state index >= 15 is 0 Å². The number of carbonyl (C=O) groups excluding carboxylic acids is 2. The standard InChI is InChI=1S/C10H16N2O4S/c1-10(2,8(14)15)17-5-7(13)12-9(16)11-6-3-4-6/h6H,3-5H2,1-2H3,(H,14,15)(H2,11,12,13,16). The molecule has 1 rings (SSSR count). The summed E-state index contributed by atoms with van der Waals surface area (Å²) in [5.74, 6) is -1.53. The predicted molar refractivity (Wildman–Crippen MR) is 63.9 cm³/mol. The molecule has 1 aliphatic carbocycles. The van der Waals surface area contributed by atoms with E-state index in [-0.39, 0.29) is 11.8 Å². The van der Waals surface area contributed by atoms with Crippen molar-refractivity contribution in [3.63, 3.8) is 0 Å². The molecule has 1 aliphatic rings. The van der Waals surface area contributed by atoms with Crippen molar-refractivity contribution in [3.8, 4) is 0 Å². The molecule has 1 fully saturated rings. The van der Waals surface area contributed by atoms with Gasteiger partial charge in [0.15, 0.2) is 0 Å². The zero-order chi connectivity index (χ0) is 13.1. The Kier molecular flexibility index (Phi) is 4.39. The third-order valence-corrected chi connectivity index (χ3v) is 3.55. The molecule has 0 atom stereocenters. The molecular weight excluding hydrogens is 244 g/mol. The topological polar surface area (TPSA) is 95.5 Å². The normalized spacial score (nSPS) is 15.2. The van der Waals surface area contributed by atoms with Crippen molar-refractivity contribution in [2.75, 3.05) is 5.75 Å². The van der Waals surface area contributed by atoms with Gasteiger partial charge in [-0.15, -0.1) is 11.8 Å². The average Bonchev–Trinajstić information content (AvgIpc) is 2.98. The summed E-state index contributed by atoms with van der Waals surface area (Å²) in [5, 5.41) is 13.6. The van der Waals surface area contributed by atoms with Gasteiger partial charge in [0, 0.05) is 6.04 Å². The molecule has 0 aromatic rings. The number of carboxylic acids is 1. The lowest BCUT2D eigenvalue weighted by atomic mass is 10.2. The number of imide groups is 1. The van der Waals surface area contributed by atoms with Crippen LogP contribution in [0.3, 0.4) is 0 Å². The smallest absolute Gasteiger partial charge is 0.321 e. The fraction of sp³-hybridized carbons (Fsp3) is 0.700. The third kappa shape index (κ3) is 5.08.